The van der Waals surface area contributed by atoms with Crippen LogP contribution in [0.2, 0.25) is 10.0 Å². The van der Waals surface area contributed by atoms with Crippen LogP contribution in [0, 0.1) is 0 Å². The van der Waals surface area contributed by atoms with Gasteiger partial charge >= 0.3 is 0 Å². The van der Waals surface area contributed by atoms with Gasteiger partial charge in [0.15, 0.2) is 0 Å². The second kappa shape index (κ2) is 9.61. The number of nitrogens with one attached hydrogen (secondary N) is 1. The highest BCUT2D eigenvalue weighted by Gasteiger charge is 2.19. The van der Waals surface area contributed by atoms with Gasteiger partial charge in [-0.25, -0.2) is 0 Å². The maximum absolute atomic E-state index is 6.31. The van der Waals surface area contributed by atoms with Crippen molar-refractivity contribution in [3.05, 3.63) is 28.2 Å². The molecule has 0 amide bonds. The molecule has 0 atom stereocenters. The average Bonchev–Trinajstić information content (AvgIpc) is 2.54. The van der Waals surface area contributed by atoms with E-state index in [1.54, 1.807) is 0 Å². The molecule has 0 aliphatic carbocycles. The third-order valence-electron chi connectivity index (χ3n) is 4.15. The third-order valence-corrected chi connectivity index (χ3v) is 4.96. The Morgan fingerprint density at radius 3 is 2.55 bits per heavy atom. The summed E-state index contributed by atoms with van der Waals surface area (Å²) in [6, 6.07) is 5.87. The van der Waals surface area contributed by atoms with E-state index in [1.165, 1.54) is 25.8 Å². The topological polar surface area (TPSA) is 18.5 Å². The highest BCUT2D eigenvalue weighted by atomic mass is 35.5. The molecule has 5 heteroatoms. The molecule has 1 aromatic rings. The average molecular weight is 344 g/mol. The van der Waals surface area contributed by atoms with E-state index < -0.39 is 0 Å². The van der Waals surface area contributed by atoms with Crippen LogP contribution in [-0.2, 0) is 0 Å². The lowest BCUT2D eigenvalue weighted by atomic mass is 10.2. The number of anilines is 1. The smallest absolute Gasteiger partial charge is 0.0825 e. The molecular weight excluding hydrogens is 317 g/mol. The molecule has 0 bridgehead atoms. The number of nitrogens with zero attached hydrogens (tertiary/aromatic N) is 2. The van der Waals surface area contributed by atoms with Gasteiger partial charge in [-0.2, -0.15) is 0 Å². The Bertz CT molecular complexity index is 446. The van der Waals surface area contributed by atoms with E-state index in [4.69, 9.17) is 23.2 Å². The molecule has 0 spiro atoms. The third kappa shape index (κ3) is 5.31. The van der Waals surface area contributed by atoms with Crippen LogP contribution in [0.5, 0.6) is 0 Å². The second-order valence-electron chi connectivity index (χ2n) is 5.86. The van der Waals surface area contributed by atoms with Crippen LogP contribution in [0.3, 0.4) is 0 Å². The molecule has 124 valence electrons. The monoisotopic (exact) mass is 343 g/mol. The highest BCUT2D eigenvalue weighted by Crippen LogP contribution is 2.32. The van der Waals surface area contributed by atoms with E-state index in [-0.39, 0.29) is 0 Å². The largest absolute Gasteiger partial charge is 0.368 e. The minimum atomic E-state index is 0.640. The summed E-state index contributed by atoms with van der Waals surface area (Å²) in [5.41, 5.74) is 1.07. The van der Waals surface area contributed by atoms with Crippen LogP contribution < -0.4 is 10.2 Å². The zero-order valence-electron chi connectivity index (χ0n) is 13.5. The zero-order chi connectivity index (χ0) is 15.8. The van der Waals surface area contributed by atoms with E-state index >= 15 is 0 Å². The quantitative estimate of drug-likeness (QED) is 0.722. The molecule has 1 aliphatic rings. The van der Waals surface area contributed by atoms with Crippen molar-refractivity contribution in [1.29, 1.82) is 0 Å². The fourth-order valence-corrected chi connectivity index (χ4v) is 3.25. The predicted molar refractivity (Wildman–Crippen MR) is 97.5 cm³/mol. The molecule has 0 radical (unpaired) electrons. The summed E-state index contributed by atoms with van der Waals surface area (Å²) in [6.07, 6.45) is 3.75. The molecule has 0 saturated carbocycles. The molecule has 0 aromatic heterocycles. The number of hydrogen-bond acceptors (Lipinski definition) is 3. The molecule has 1 saturated heterocycles. The van der Waals surface area contributed by atoms with Crippen molar-refractivity contribution >= 4 is 28.9 Å². The van der Waals surface area contributed by atoms with E-state index in [9.17, 15) is 0 Å². The Labute approximate surface area is 144 Å². The van der Waals surface area contributed by atoms with Gasteiger partial charge in [-0.1, -0.05) is 36.2 Å². The fraction of sp³-hybridized carbons (Fsp3) is 0.647. The Balaban J connectivity index is 1.68. The van der Waals surface area contributed by atoms with Crippen molar-refractivity contribution < 1.29 is 0 Å². The van der Waals surface area contributed by atoms with Crippen molar-refractivity contribution in [3.63, 3.8) is 0 Å². The maximum atomic E-state index is 6.31. The first kappa shape index (κ1) is 17.9. The van der Waals surface area contributed by atoms with Crippen LogP contribution in [0.25, 0.3) is 0 Å². The predicted octanol–water partition coefficient (Wildman–Crippen LogP) is 3.90. The van der Waals surface area contributed by atoms with E-state index in [2.05, 4.69) is 28.1 Å². The lowest BCUT2D eigenvalue weighted by Crippen LogP contribution is -2.46. The van der Waals surface area contributed by atoms with Gasteiger partial charge in [0.05, 0.1) is 15.7 Å². The molecule has 1 heterocycles. The van der Waals surface area contributed by atoms with Crippen molar-refractivity contribution in [2.75, 3.05) is 50.7 Å². The minimum Gasteiger partial charge on any atom is -0.368 e. The summed E-state index contributed by atoms with van der Waals surface area (Å²) in [4.78, 5) is 4.89. The Kier molecular flexibility index (Phi) is 7.81. The number of piperazine rings is 1. The first-order chi connectivity index (χ1) is 10.7. The summed E-state index contributed by atoms with van der Waals surface area (Å²) >= 11 is 12.4. The van der Waals surface area contributed by atoms with Gasteiger partial charge in [0, 0.05) is 26.2 Å². The van der Waals surface area contributed by atoms with Crippen molar-refractivity contribution in [2.45, 2.75) is 26.2 Å². The van der Waals surface area contributed by atoms with Crippen molar-refractivity contribution in [3.8, 4) is 0 Å². The zero-order valence-corrected chi connectivity index (χ0v) is 15.0. The van der Waals surface area contributed by atoms with Gasteiger partial charge < -0.3 is 10.2 Å². The molecule has 1 aliphatic heterocycles. The number of benzene rings is 1. The van der Waals surface area contributed by atoms with Gasteiger partial charge in [0.2, 0.25) is 0 Å². The molecule has 3 nitrogen and oxygen atoms in total. The van der Waals surface area contributed by atoms with E-state index in [1.807, 2.05) is 12.1 Å². The van der Waals surface area contributed by atoms with Crippen LogP contribution in [-0.4, -0.2) is 50.7 Å². The van der Waals surface area contributed by atoms with Crippen molar-refractivity contribution in [2.24, 2.45) is 0 Å². The lowest BCUT2D eigenvalue weighted by molar-refractivity contribution is 0.252. The van der Waals surface area contributed by atoms with Crippen LogP contribution in [0.15, 0.2) is 18.2 Å². The molecule has 1 fully saturated rings. The van der Waals surface area contributed by atoms with Crippen molar-refractivity contribution in [1.82, 2.24) is 10.2 Å². The SMILES string of the molecule is CCCNCCCCN1CCN(c2cccc(Cl)c2Cl)CC1. The summed E-state index contributed by atoms with van der Waals surface area (Å²) in [5, 5.41) is 4.78. The molecular formula is C17H27Cl2N3. The maximum Gasteiger partial charge on any atom is 0.0825 e. The second-order valence-corrected chi connectivity index (χ2v) is 6.64. The molecule has 0 unspecified atom stereocenters. The molecule has 22 heavy (non-hydrogen) atoms. The molecule has 1 aromatic carbocycles. The van der Waals surface area contributed by atoms with Gasteiger partial charge in [0.1, 0.15) is 0 Å². The van der Waals surface area contributed by atoms with Crippen LogP contribution in [0.1, 0.15) is 26.2 Å². The highest BCUT2D eigenvalue weighted by molar-refractivity contribution is 6.43. The summed E-state index contributed by atoms with van der Waals surface area (Å²) in [5.74, 6) is 0. The van der Waals surface area contributed by atoms with Gasteiger partial charge in [-0.05, 0) is 51.0 Å². The Morgan fingerprint density at radius 2 is 1.82 bits per heavy atom. The van der Waals surface area contributed by atoms with Crippen LogP contribution >= 0.6 is 23.2 Å². The Hall–Kier alpha value is -0.480. The fourth-order valence-electron chi connectivity index (χ4n) is 2.84. The van der Waals surface area contributed by atoms with Gasteiger partial charge in [-0.15, -0.1) is 0 Å². The van der Waals surface area contributed by atoms with Gasteiger partial charge in [-0.3, -0.25) is 4.90 Å². The number of rotatable bonds is 8. The normalized spacial score (nSPS) is 16.2. The first-order valence-corrected chi connectivity index (χ1v) is 9.10. The molecule has 2 rings (SSSR count). The summed E-state index contributed by atoms with van der Waals surface area (Å²) in [6.45, 7) is 9.94. The van der Waals surface area contributed by atoms with E-state index in [0.717, 1.165) is 45.0 Å². The summed E-state index contributed by atoms with van der Waals surface area (Å²) in [7, 11) is 0. The number of hydrogen-bond donors (Lipinski definition) is 1. The van der Waals surface area contributed by atoms with Gasteiger partial charge in [0.25, 0.3) is 0 Å². The number of unbranched alkanes of at least 4 members (excludes halogenated alkanes) is 1. The molecule has 1 N–H and O–H groups in total. The van der Waals surface area contributed by atoms with Crippen LogP contribution in [0.4, 0.5) is 5.69 Å². The Morgan fingerprint density at radius 1 is 1.05 bits per heavy atom. The summed E-state index contributed by atoms with van der Waals surface area (Å²) < 4.78 is 0. The minimum absolute atomic E-state index is 0.640. The standard InChI is InChI=1S/C17H27Cl2N3/c1-2-8-20-9-3-4-10-21-11-13-22(14-12-21)16-7-5-6-15(18)17(16)19/h5-7,20H,2-4,8-14H2,1H3. The number of halogens is 2. The first-order valence-electron chi connectivity index (χ1n) is 8.34. The van der Waals surface area contributed by atoms with E-state index in [0.29, 0.717) is 10.0 Å². The lowest BCUT2D eigenvalue weighted by Gasteiger charge is -2.36.